The van der Waals surface area contributed by atoms with Crippen LogP contribution in [-0.2, 0) is 14.2 Å². The number of carbonyl (C=O) groups is 3. The highest BCUT2D eigenvalue weighted by Crippen LogP contribution is 2.31. The molecule has 2 rings (SSSR count). The van der Waals surface area contributed by atoms with Gasteiger partial charge in [-0.15, -0.1) is 0 Å². The van der Waals surface area contributed by atoms with Crippen LogP contribution < -0.4 is 5.32 Å². The molecule has 1 amide bonds. The van der Waals surface area contributed by atoms with E-state index in [-0.39, 0.29) is 23.2 Å². The van der Waals surface area contributed by atoms with Crippen molar-refractivity contribution in [3.8, 4) is 0 Å². The zero-order valence-corrected chi connectivity index (χ0v) is 19.2. The molecule has 31 heavy (non-hydrogen) atoms. The second-order valence-electron chi connectivity index (χ2n) is 8.07. The third-order valence-electron chi connectivity index (χ3n) is 4.41. The van der Waals surface area contributed by atoms with Crippen LogP contribution in [0.1, 0.15) is 37.6 Å². The summed E-state index contributed by atoms with van der Waals surface area (Å²) in [6.07, 6.45) is 1.64. The van der Waals surface area contributed by atoms with E-state index in [4.69, 9.17) is 14.2 Å². The van der Waals surface area contributed by atoms with Crippen molar-refractivity contribution in [2.24, 2.45) is 0 Å². The standard InChI is InChI=1S/C22H30N2O6S/c1-6-10-29-20(26)24-14-18(31-21(27)30-22(2,3)4)12-17(24)13-23-16-9-7-8-15(11-16)19(25)28-5/h6-9,11,17-18,23H,1,10,12-14H2,2-5H3. The molecule has 0 saturated carbocycles. The Bertz CT molecular complexity index is 807. The van der Waals surface area contributed by atoms with Gasteiger partial charge in [0.2, 0.25) is 0 Å². The summed E-state index contributed by atoms with van der Waals surface area (Å²) in [5, 5.41) is 2.78. The molecule has 0 aromatic heterocycles. The van der Waals surface area contributed by atoms with Crippen LogP contribution in [0.25, 0.3) is 0 Å². The maximum Gasteiger partial charge on any atom is 0.410 e. The molecule has 0 aliphatic carbocycles. The molecule has 9 heteroatoms. The molecule has 1 aliphatic rings. The summed E-state index contributed by atoms with van der Waals surface area (Å²) in [5.74, 6) is -0.423. The summed E-state index contributed by atoms with van der Waals surface area (Å²) in [5.41, 5.74) is 0.585. The normalized spacial score (nSPS) is 18.3. The summed E-state index contributed by atoms with van der Waals surface area (Å²) in [7, 11) is 1.33. The van der Waals surface area contributed by atoms with Gasteiger partial charge in [-0.1, -0.05) is 18.7 Å². The van der Waals surface area contributed by atoms with Gasteiger partial charge in [-0.05, 0) is 57.2 Å². The van der Waals surface area contributed by atoms with E-state index in [1.807, 2.05) is 26.8 Å². The van der Waals surface area contributed by atoms with Crippen molar-refractivity contribution >= 4 is 34.8 Å². The summed E-state index contributed by atoms with van der Waals surface area (Å²) in [6, 6.07) is 6.74. The van der Waals surface area contributed by atoms with E-state index in [0.717, 1.165) is 17.4 Å². The first-order valence-corrected chi connectivity index (χ1v) is 10.9. The van der Waals surface area contributed by atoms with E-state index in [9.17, 15) is 14.4 Å². The van der Waals surface area contributed by atoms with Gasteiger partial charge in [-0.3, -0.25) is 0 Å². The van der Waals surface area contributed by atoms with Gasteiger partial charge >= 0.3 is 17.4 Å². The van der Waals surface area contributed by atoms with E-state index in [1.54, 1.807) is 23.1 Å². The number of nitrogens with zero attached hydrogens (tertiary/aromatic N) is 1. The van der Waals surface area contributed by atoms with Gasteiger partial charge in [-0.25, -0.2) is 14.4 Å². The van der Waals surface area contributed by atoms with Crippen LogP contribution in [0.3, 0.4) is 0 Å². The number of nitrogens with one attached hydrogen (secondary N) is 1. The highest BCUT2D eigenvalue weighted by Gasteiger charge is 2.38. The van der Waals surface area contributed by atoms with E-state index in [1.165, 1.54) is 13.2 Å². The average Bonchev–Trinajstić information content (AvgIpc) is 3.11. The van der Waals surface area contributed by atoms with Crippen LogP contribution in [-0.4, -0.2) is 66.0 Å². The van der Waals surface area contributed by atoms with Crippen molar-refractivity contribution in [1.29, 1.82) is 0 Å². The van der Waals surface area contributed by atoms with Crippen molar-refractivity contribution in [3.05, 3.63) is 42.5 Å². The molecule has 1 heterocycles. The molecule has 2 unspecified atom stereocenters. The molecule has 0 spiro atoms. The first-order chi connectivity index (χ1) is 14.6. The number of rotatable bonds is 7. The summed E-state index contributed by atoms with van der Waals surface area (Å²) in [4.78, 5) is 38.1. The van der Waals surface area contributed by atoms with Gasteiger partial charge in [0, 0.05) is 24.0 Å². The average molecular weight is 451 g/mol. The number of ether oxygens (including phenoxy) is 3. The third kappa shape index (κ3) is 7.82. The Morgan fingerprint density at radius 2 is 2.06 bits per heavy atom. The van der Waals surface area contributed by atoms with Gasteiger partial charge in [0.1, 0.15) is 12.2 Å². The van der Waals surface area contributed by atoms with Crippen molar-refractivity contribution in [2.45, 2.75) is 44.1 Å². The van der Waals surface area contributed by atoms with Gasteiger partial charge in [0.25, 0.3) is 0 Å². The lowest BCUT2D eigenvalue weighted by molar-refractivity contribution is 0.0600. The third-order valence-corrected chi connectivity index (χ3v) is 5.36. The Balaban J connectivity index is 2.05. The maximum absolute atomic E-state index is 12.5. The minimum Gasteiger partial charge on any atom is -0.465 e. The number of hydrogen-bond acceptors (Lipinski definition) is 8. The van der Waals surface area contributed by atoms with Crippen LogP contribution in [0, 0.1) is 0 Å². The Morgan fingerprint density at radius 1 is 1.32 bits per heavy atom. The van der Waals surface area contributed by atoms with Gasteiger partial charge in [0.15, 0.2) is 0 Å². The van der Waals surface area contributed by atoms with Crippen molar-refractivity contribution in [3.63, 3.8) is 0 Å². The monoisotopic (exact) mass is 450 g/mol. The molecule has 0 bridgehead atoms. The molecule has 1 aromatic carbocycles. The fourth-order valence-electron chi connectivity index (χ4n) is 3.11. The molecule has 1 fully saturated rings. The lowest BCUT2D eigenvalue weighted by Crippen LogP contribution is -2.40. The summed E-state index contributed by atoms with van der Waals surface area (Å²) >= 11 is 1.09. The van der Waals surface area contributed by atoms with Gasteiger partial charge in [-0.2, -0.15) is 0 Å². The number of amides is 1. The molecule has 8 nitrogen and oxygen atoms in total. The molecule has 2 atom stereocenters. The van der Waals surface area contributed by atoms with E-state index in [0.29, 0.717) is 25.1 Å². The summed E-state index contributed by atoms with van der Waals surface area (Å²) in [6.45, 7) is 9.91. The van der Waals surface area contributed by atoms with Crippen LogP contribution in [0.5, 0.6) is 0 Å². The Hall–Kier alpha value is -2.68. The van der Waals surface area contributed by atoms with Crippen LogP contribution in [0.4, 0.5) is 15.3 Å². The highest BCUT2D eigenvalue weighted by molar-refractivity contribution is 8.13. The number of carbonyl (C=O) groups excluding carboxylic acids is 3. The first kappa shape index (κ1) is 24.6. The zero-order valence-electron chi connectivity index (χ0n) is 18.4. The fourth-order valence-corrected chi connectivity index (χ4v) is 4.23. The minimum atomic E-state index is -0.573. The maximum atomic E-state index is 12.5. The lowest BCUT2D eigenvalue weighted by atomic mass is 10.2. The summed E-state index contributed by atoms with van der Waals surface area (Å²) < 4.78 is 15.3. The van der Waals surface area contributed by atoms with Crippen molar-refractivity contribution < 1.29 is 28.6 Å². The number of esters is 1. The van der Waals surface area contributed by atoms with Gasteiger partial charge in [0.05, 0.1) is 18.7 Å². The van der Waals surface area contributed by atoms with E-state index >= 15 is 0 Å². The second-order valence-corrected chi connectivity index (χ2v) is 9.30. The number of likely N-dealkylation sites (tertiary alicyclic amines) is 1. The Kier molecular flexibility index (Phi) is 8.79. The molecule has 1 aromatic rings. The van der Waals surface area contributed by atoms with Gasteiger partial charge < -0.3 is 24.4 Å². The van der Waals surface area contributed by atoms with Crippen LogP contribution in [0.15, 0.2) is 36.9 Å². The van der Waals surface area contributed by atoms with E-state index < -0.39 is 17.7 Å². The highest BCUT2D eigenvalue weighted by atomic mass is 32.2. The number of thioether (sulfide) groups is 1. The second kappa shape index (κ2) is 11.1. The quantitative estimate of drug-likeness (QED) is 0.373. The Morgan fingerprint density at radius 3 is 2.71 bits per heavy atom. The molecule has 1 aliphatic heterocycles. The smallest absolute Gasteiger partial charge is 0.410 e. The molecular formula is C22H30N2O6S. The van der Waals surface area contributed by atoms with Crippen LogP contribution >= 0.6 is 11.8 Å². The predicted molar refractivity (Wildman–Crippen MR) is 121 cm³/mol. The Labute approximate surface area is 187 Å². The number of hydrogen-bond donors (Lipinski definition) is 1. The lowest BCUT2D eigenvalue weighted by Gasteiger charge is -2.24. The molecule has 1 N–H and O–H groups in total. The number of anilines is 1. The fraction of sp³-hybridized carbons (Fsp3) is 0.500. The predicted octanol–water partition coefficient (Wildman–Crippen LogP) is 4.32. The SMILES string of the molecule is C=CCOC(=O)N1CC(SC(=O)OC(C)(C)C)CC1CNc1cccc(C(=O)OC)c1. The van der Waals surface area contributed by atoms with Crippen LogP contribution in [0.2, 0.25) is 0 Å². The minimum absolute atomic E-state index is 0.112. The topological polar surface area (TPSA) is 94.2 Å². The van der Waals surface area contributed by atoms with Crippen molar-refractivity contribution in [1.82, 2.24) is 4.90 Å². The van der Waals surface area contributed by atoms with E-state index in [2.05, 4.69) is 11.9 Å². The first-order valence-electron chi connectivity index (χ1n) is 9.99. The molecule has 0 radical (unpaired) electrons. The molecule has 170 valence electrons. The number of benzene rings is 1. The largest absolute Gasteiger partial charge is 0.465 e. The van der Waals surface area contributed by atoms with Crippen molar-refractivity contribution in [2.75, 3.05) is 32.1 Å². The zero-order chi connectivity index (χ0) is 23.0. The molecular weight excluding hydrogens is 420 g/mol. The molecule has 1 saturated heterocycles. The number of methoxy groups -OCH3 is 1.